The zero-order valence-corrected chi connectivity index (χ0v) is 12.1. The standard InChI is InChI=1S/C10H17N3O3S2/c1-7-4-5-8(17-7)18(15,16)12-6-10(2,3)9(11)13-14/h4-5,12,14H,6H2,1-3H3,(H2,11,13). The molecule has 1 rings (SSSR count). The molecule has 0 aromatic carbocycles. The lowest BCUT2D eigenvalue weighted by molar-refractivity contribution is 0.307. The van der Waals surface area contributed by atoms with Crippen molar-refractivity contribution in [3.63, 3.8) is 0 Å². The third-order valence-electron chi connectivity index (χ3n) is 2.49. The van der Waals surface area contributed by atoms with E-state index in [0.717, 1.165) is 4.88 Å². The van der Waals surface area contributed by atoms with E-state index in [1.54, 1.807) is 26.0 Å². The molecule has 8 heteroatoms. The van der Waals surface area contributed by atoms with E-state index in [4.69, 9.17) is 10.9 Å². The minimum absolute atomic E-state index is 0.0208. The van der Waals surface area contributed by atoms with Crippen LogP contribution in [0.4, 0.5) is 0 Å². The third-order valence-corrected chi connectivity index (χ3v) is 5.38. The van der Waals surface area contributed by atoms with Gasteiger partial charge in [0.1, 0.15) is 10.0 Å². The largest absolute Gasteiger partial charge is 0.409 e. The van der Waals surface area contributed by atoms with E-state index in [9.17, 15) is 8.42 Å². The summed E-state index contributed by atoms with van der Waals surface area (Å²) in [6, 6.07) is 3.30. The fourth-order valence-electron chi connectivity index (χ4n) is 1.13. The topological polar surface area (TPSA) is 105 Å². The molecule has 0 radical (unpaired) electrons. The van der Waals surface area contributed by atoms with Gasteiger partial charge in [-0.2, -0.15) is 0 Å². The molecule has 1 heterocycles. The van der Waals surface area contributed by atoms with Crippen molar-refractivity contribution in [2.45, 2.75) is 25.0 Å². The van der Waals surface area contributed by atoms with Crippen LogP contribution in [0.3, 0.4) is 0 Å². The summed E-state index contributed by atoms with van der Waals surface area (Å²) in [7, 11) is -3.54. The number of amidine groups is 1. The van der Waals surface area contributed by atoms with Crippen LogP contribution in [0.25, 0.3) is 0 Å². The van der Waals surface area contributed by atoms with Crippen LogP contribution >= 0.6 is 11.3 Å². The Hall–Kier alpha value is -1.12. The zero-order chi connectivity index (χ0) is 14.0. The highest BCUT2D eigenvalue weighted by atomic mass is 32.2. The van der Waals surface area contributed by atoms with Gasteiger partial charge < -0.3 is 10.9 Å². The molecular formula is C10H17N3O3S2. The van der Waals surface area contributed by atoms with Crippen LogP contribution in [-0.2, 0) is 10.0 Å². The highest BCUT2D eigenvalue weighted by Gasteiger charge is 2.27. The van der Waals surface area contributed by atoms with Gasteiger partial charge in [0, 0.05) is 16.8 Å². The quantitative estimate of drug-likeness (QED) is 0.327. The van der Waals surface area contributed by atoms with Crippen LogP contribution in [0.5, 0.6) is 0 Å². The molecule has 18 heavy (non-hydrogen) atoms. The second-order valence-electron chi connectivity index (χ2n) is 4.56. The summed E-state index contributed by atoms with van der Waals surface area (Å²) in [6.07, 6.45) is 0. The number of oxime groups is 1. The van der Waals surface area contributed by atoms with E-state index in [1.807, 2.05) is 6.92 Å². The lowest BCUT2D eigenvalue weighted by Gasteiger charge is -2.22. The number of hydrogen-bond acceptors (Lipinski definition) is 5. The number of nitrogens with two attached hydrogens (primary N) is 1. The Bertz CT molecular complexity index is 546. The van der Waals surface area contributed by atoms with Crippen LogP contribution in [-0.4, -0.2) is 26.0 Å². The third kappa shape index (κ3) is 3.44. The molecule has 0 bridgehead atoms. The Labute approximate surface area is 111 Å². The van der Waals surface area contributed by atoms with Crippen LogP contribution in [0.15, 0.2) is 21.5 Å². The fraction of sp³-hybridized carbons (Fsp3) is 0.500. The van der Waals surface area contributed by atoms with Crippen molar-refractivity contribution in [2.75, 3.05) is 6.54 Å². The number of nitrogens with zero attached hydrogens (tertiary/aromatic N) is 1. The summed E-state index contributed by atoms with van der Waals surface area (Å²) >= 11 is 1.20. The average molecular weight is 291 g/mol. The highest BCUT2D eigenvalue weighted by molar-refractivity contribution is 7.91. The van der Waals surface area contributed by atoms with Gasteiger partial charge in [0.25, 0.3) is 0 Å². The zero-order valence-electron chi connectivity index (χ0n) is 10.5. The molecule has 0 aliphatic carbocycles. The summed E-state index contributed by atoms with van der Waals surface area (Å²) in [5.41, 5.74) is 4.73. The average Bonchev–Trinajstić information content (AvgIpc) is 2.73. The molecule has 0 amide bonds. The van der Waals surface area contributed by atoms with Gasteiger partial charge in [-0.1, -0.05) is 19.0 Å². The van der Waals surface area contributed by atoms with E-state index >= 15 is 0 Å². The monoisotopic (exact) mass is 291 g/mol. The van der Waals surface area contributed by atoms with Crippen molar-refractivity contribution in [3.05, 3.63) is 17.0 Å². The molecule has 102 valence electrons. The molecule has 6 nitrogen and oxygen atoms in total. The van der Waals surface area contributed by atoms with E-state index in [0.29, 0.717) is 0 Å². The van der Waals surface area contributed by atoms with Crippen LogP contribution < -0.4 is 10.5 Å². The molecule has 0 aliphatic rings. The predicted octanol–water partition coefficient (Wildman–Crippen LogP) is 1.11. The Morgan fingerprint density at radius 1 is 1.56 bits per heavy atom. The molecule has 0 aliphatic heterocycles. The first kappa shape index (κ1) is 14.9. The van der Waals surface area contributed by atoms with E-state index < -0.39 is 15.4 Å². The maximum Gasteiger partial charge on any atom is 0.250 e. The number of nitrogens with one attached hydrogen (secondary N) is 1. The van der Waals surface area contributed by atoms with E-state index in [2.05, 4.69) is 9.88 Å². The van der Waals surface area contributed by atoms with E-state index in [1.165, 1.54) is 11.3 Å². The van der Waals surface area contributed by atoms with Gasteiger partial charge >= 0.3 is 0 Å². The number of hydrogen-bond donors (Lipinski definition) is 3. The van der Waals surface area contributed by atoms with Gasteiger partial charge in [0.05, 0.1) is 0 Å². The van der Waals surface area contributed by atoms with Gasteiger partial charge in [-0.15, -0.1) is 11.3 Å². The molecule has 0 atom stereocenters. The van der Waals surface area contributed by atoms with Gasteiger partial charge in [0.2, 0.25) is 10.0 Å². The summed E-state index contributed by atoms with van der Waals surface area (Å²) in [5.74, 6) is -0.0208. The molecule has 0 unspecified atom stereocenters. The normalized spacial score (nSPS) is 13.8. The number of rotatable bonds is 5. The maximum absolute atomic E-state index is 12.0. The molecule has 4 N–H and O–H groups in total. The predicted molar refractivity (Wildman–Crippen MR) is 71.4 cm³/mol. The first-order valence-electron chi connectivity index (χ1n) is 5.23. The highest BCUT2D eigenvalue weighted by Crippen LogP contribution is 2.21. The van der Waals surface area contributed by atoms with Crippen LogP contribution in [0.2, 0.25) is 0 Å². The molecular weight excluding hydrogens is 274 g/mol. The minimum Gasteiger partial charge on any atom is -0.409 e. The first-order valence-corrected chi connectivity index (χ1v) is 7.53. The fourth-order valence-corrected chi connectivity index (χ4v) is 3.67. The molecule has 0 saturated heterocycles. The van der Waals surface area contributed by atoms with Crippen molar-refractivity contribution in [1.82, 2.24) is 4.72 Å². The van der Waals surface area contributed by atoms with Crippen molar-refractivity contribution in [3.8, 4) is 0 Å². The maximum atomic E-state index is 12.0. The van der Waals surface area contributed by atoms with Gasteiger partial charge in [-0.3, -0.25) is 0 Å². The molecule has 0 saturated carbocycles. The summed E-state index contributed by atoms with van der Waals surface area (Å²) in [5, 5.41) is 11.5. The smallest absolute Gasteiger partial charge is 0.250 e. The Balaban J connectivity index is 2.80. The van der Waals surface area contributed by atoms with Gasteiger partial charge in [-0.05, 0) is 19.1 Å². The summed E-state index contributed by atoms with van der Waals surface area (Å²) < 4.78 is 26.6. The Morgan fingerprint density at radius 3 is 2.61 bits per heavy atom. The van der Waals surface area contributed by atoms with Gasteiger partial charge in [0.15, 0.2) is 0 Å². The molecule has 0 fully saturated rings. The second kappa shape index (κ2) is 5.25. The second-order valence-corrected chi connectivity index (χ2v) is 7.84. The van der Waals surface area contributed by atoms with Crippen molar-refractivity contribution in [1.29, 1.82) is 0 Å². The molecule has 1 aromatic heterocycles. The summed E-state index contributed by atoms with van der Waals surface area (Å²) in [6.45, 7) is 5.26. The lowest BCUT2D eigenvalue weighted by Crippen LogP contribution is -2.42. The number of aryl methyl sites for hydroxylation is 1. The minimum atomic E-state index is -3.54. The van der Waals surface area contributed by atoms with Gasteiger partial charge in [-0.25, -0.2) is 13.1 Å². The van der Waals surface area contributed by atoms with E-state index in [-0.39, 0.29) is 16.6 Å². The van der Waals surface area contributed by atoms with Crippen molar-refractivity contribution in [2.24, 2.45) is 16.3 Å². The Kier molecular flexibility index (Phi) is 4.36. The SMILES string of the molecule is Cc1ccc(S(=O)(=O)NCC(C)(C)/C(N)=N/O)s1. The summed E-state index contributed by atoms with van der Waals surface area (Å²) in [4.78, 5) is 0.922. The first-order chi connectivity index (χ1) is 8.19. The van der Waals surface area contributed by atoms with Crippen molar-refractivity contribution < 1.29 is 13.6 Å². The van der Waals surface area contributed by atoms with Crippen LogP contribution in [0, 0.1) is 12.3 Å². The van der Waals surface area contributed by atoms with Crippen LogP contribution in [0.1, 0.15) is 18.7 Å². The number of thiophene rings is 1. The lowest BCUT2D eigenvalue weighted by atomic mass is 9.93. The molecule has 1 aromatic rings. The number of sulfonamides is 1. The Morgan fingerprint density at radius 2 is 2.17 bits per heavy atom. The van der Waals surface area contributed by atoms with Crippen molar-refractivity contribution >= 4 is 27.2 Å². The molecule has 0 spiro atoms.